The van der Waals surface area contributed by atoms with Crippen molar-refractivity contribution in [3.8, 4) is 0 Å². The van der Waals surface area contributed by atoms with E-state index in [9.17, 15) is 4.79 Å². The fraction of sp³-hybridized carbons (Fsp3) is 0.368. The summed E-state index contributed by atoms with van der Waals surface area (Å²) in [5.74, 6) is 0.0914. The standard InChI is InChI=1S/C19H25N3O/c1-22(2)18(13-16-7-4-3-5-8-16)15-21-19(23)11-10-17-9-6-12-20-14-17/h3-9,12,14,18H,10-11,13,15H2,1-2H3,(H,21,23). The van der Waals surface area contributed by atoms with Gasteiger partial charge in [0.1, 0.15) is 0 Å². The Balaban J connectivity index is 1.78. The third-order valence-corrected chi connectivity index (χ3v) is 3.94. The smallest absolute Gasteiger partial charge is 0.220 e. The Bertz CT molecular complexity index is 584. The van der Waals surface area contributed by atoms with Crippen molar-refractivity contribution in [2.45, 2.75) is 25.3 Å². The molecular weight excluding hydrogens is 286 g/mol. The lowest BCUT2D eigenvalue weighted by molar-refractivity contribution is -0.121. The van der Waals surface area contributed by atoms with Gasteiger partial charge < -0.3 is 10.2 Å². The van der Waals surface area contributed by atoms with Gasteiger partial charge in [0.05, 0.1) is 0 Å². The van der Waals surface area contributed by atoms with Gasteiger partial charge in [-0.1, -0.05) is 36.4 Å². The minimum atomic E-state index is 0.0914. The summed E-state index contributed by atoms with van der Waals surface area (Å²) < 4.78 is 0. The molecule has 0 radical (unpaired) electrons. The average Bonchev–Trinajstić information content (AvgIpc) is 2.58. The number of nitrogens with zero attached hydrogens (tertiary/aromatic N) is 2. The number of amides is 1. The topological polar surface area (TPSA) is 45.2 Å². The number of likely N-dealkylation sites (N-methyl/N-ethyl adjacent to an activating group) is 1. The van der Waals surface area contributed by atoms with Crippen molar-refractivity contribution in [3.63, 3.8) is 0 Å². The second-order valence-electron chi connectivity index (χ2n) is 5.97. The normalized spacial score (nSPS) is 12.1. The summed E-state index contributed by atoms with van der Waals surface area (Å²) in [6.45, 7) is 0.660. The van der Waals surface area contributed by atoms with Gasteiger partial charge in [0.2, 0.25) is 5.91 Å². The Morgan fingerprint density at radius 1 is 1.13 bits per heavy atom. The molecule has 1 amide bonds. The van der Waals surface area contributed by atoms with Crippen molar-refractivity contribution in [1.82, 2.24) is 15.2 Å². The molecule has 1 heterocycles. The van der Waals surface area contributed by atoms with Crippen LogP contribution in [0.5, 0.6) is 0 Å². The first kappa shape index (κ1) is 17.2. The first-order valence-corrected chi connectivity index (χ1v) is 8.01. The maximum atomic E-state index is 12.0. The number of hydrogen-bond donors (Lipinski definition) is 1. The molecular formula is C19H25N3O. The molecule has 1 aromatic carbocycles. The predicted molar refractivity (Wildman–Crippen MR) is 93.2 cm³/mol. The van der Waals surface area contributed by atoms with Gasteiger partial charge in [-0.3, -0.25) is 9.78 Å². The number of benzene rings is 1. The summed E-state index contributed by atoms with van der Waals surface area (Å²) in [7, 11) is 4.10. The largest absolute Gasteiger partial charge is 0.355 e. The minimum Gasteiger partial charge on any atom is -0.355 e. The number of carbonyl (C=O) groups excluding carboxylic acids is 1. The van der Waals surface area contributed by atoms with Crippen LogP contribution < -0.4 is 5.32 Å². The zero-order chi connectivity index (χ0) is 16.5. The second-order valence-corrected chi connectivity index (χ2v) is 5.97. The number of aryl methyl sites for hydroxylation is 1. The molecule has 1 N–H and O–H groups in total. The van der Waals surface area contributed by atoms with Gasteiger partial charge >= 0.3 is 0 Å². The molecule has 122 valence electrons. The van der Waals surface area contributed by atoms with Crippen LogP contribution in [0.25, 0.3) is 0 Å². The molecule has 1 atom stereocenters. The zero-order valence-corrected chi connectivity index (χ0v) is 13.9. The monoisotopic (exact) mass is 311 g/mol. The van der Waals surface area contributed by atoms with E-state index >= 15 is 0 Å². The van der Waals surface area contributed by atoms with E-state index in [4.69, 9.17) is 0 Å². The first-order chi connectivity index (χ1) is 11.1. The third-order valence-electron chi connectivity index (χ3n) is 3.94. The summed E-state index contributed by atoms with van der Waals surface area (Å²) in [5, 5.41) is 3.05. The van der Waals surface area contributed by atoms with Crippen molar-refractivity contribution in [2.75, 3.05) is 20.6 Å². The Morgan fingerprint density at radius 3 is 2.52 bits per heavy atom. The Kier molecular flexibility index (Phi) is 6.76. The maximum Gasteiger partial charge on any atom is 0.220 e. The second kappa shape index (κ2) is 9.06. The van der Waals surface area contributed by atoms with Gasteiger partial charge in [-0.2, -0.15) is 0 Å². The van der Waals surface area contributed by atoms with E-state index in [0.717, 1.165) is 18.4 Å². The molecule has 0 aliphatic heterocycles. The van der Waals surface area contributed by atoms with Gasteiger partial charge in [-0.15, -0.1) is 0 Å². The lowest BCUT2D eigenvalue weighted by Crippen LogP contribution is -2.41. The van der Waals surface area contributed by atoms with Crippen LogP contribution in [0.1, 0.15) is 17.5 Å². The minimum absolute atomic E-state index is 0.0914. The molecule has 0 saturated carbocycles. The molecule has 4 nitrogen and oxygen atoms in total. The van der Waals surface area contributed by atoms with Crippen LogP contribution in [0.2, 0.25) is 0 Å². The van der Waals surface area contributed by atoms with E-state index in [1.165, 1.54) is 5.56 Å². The van der Waals surface area contributed by atoms with E-state index in [1.807, 2.05) is 24.4 Å². The molecule has 4 heteroatoms. The highest BCUT2D eigenvalue weighted by molar-refractivity contribution is 5.76. The number of nitrogens with one attached hydrogen (secondary N) is 1. The highest BCUT2D eigenvalue weighted by atomic mass is 16.1. The van der Waals surface area contributed by atoms with Crippen molar-refractivity contribution in [1.29, 1.82) is 0 Å². The van der Waals surface area contributed by atoms with Gasteiger partial charge in [-0.05, 0) is 44.1 Å². The molecule has 0 bridgehead atoms. The summed E-state index contributed by atoms with van der Waals surface area (Å²) in [6.07, 6.45) is 5.71. The molecule has 2 aromatic rings. The van der Waals surface area contributed by atoms with Crippen LogP contribution in [0, 0.1) is 0 Å². The van der Waals surface area contributed by atoms with Crippen LogP contribution in [0.4, 0.5) is 0 Å². The predicted octanol–water partition coefficient (Wildman–Crippen LogP) is 2.30. The van der Waals surface area contributed by atoms with Crippen LogP contribution in [0.3, 0.4) is 0 Å². The van der Waals surface area contributed by atoms with Crippen molar-refractivity contribution in [2.24, 2.45) is 0 Å². The molecule has 2 rings (SSSR count). The molecule has 1 aromatic heterocycles. The number of hydrogen-bond acceptors (Lipinski definition) is 3. The summed E-state index contributed by atoms with van der Waals surface area (Å²) >= 11 is 0. The van der Waals surface area contributed by atoms with E-state index in [0.29, 0.717) is 19.0 Å². The average molecular weight is 311 g/mol. The molecule has 23 heavy (non-hydrogen) atoms. The van der Waals surface area contributed by atoms with Crippen molar-refractivity contribution >= 4 is 5.91 Å². The van der Waals surface area contributed by atoms with Crippen molar-refractivity contribution in [3.05, 3.63) is 66.0 Å². The number of aromatic nitrogens is 1. The van der Waals surface area contributed by atoms with Crippen molar-refractivity contribution < 1.29 is 4.79 Å². The summed E-state index contributed by atoms with van der Waals surface area (Å²) in [5.41, 5.74) is 2.38. The SMILES string of the molecule is CN(C)C(CNC(=O)CCc1cccnc1)Cc1ccccc1. The number of rotatable bonds is 8. The third kappa shape index (κ3) is 6.20. The molecule has 0 saturated heterocycles. The molecule has 0 spiro atoms. The fourth-order valence-electron chi connectivity index (χ4n) is 2.45. The van der Waals surface area contributed by atoms with Gasteiger partial charge in [-0.25, -0.2) is 0 Å². The lowest BCUT2D eigenvalue weighted by Gasteiger charge is -2.24. The Morgan fingerprint density at radius 2 is 1.87 bits per heavy atom. The molecule has 1 unspecified atom stereocenters. The summed E-state index contributed by atoms with van der Waals surface area (Å²) in [4.78, 5) is 18.3. The lowest BCUT2D eigenvalue weighted by atomic mass is 10.1. The van der Waals surface area contributed by atoms with E-state index in [-0.39, 0.29) is 5.91 Å². The maximum absolute atomic E-state index is 12.0. The molecule has 0 aliphatic rings. The van der Waals surface area contributed by atoms with Crippen LogP contribution in [-0.4, -0.2) is 42.5 Å². The van der Waals surface area contributed by atoms with Gasteiger partial charge in [0.15, 0.2) is 0 Å². The number of pyridine rings is 1. The number of carbonyl (C=O) groups is 1. The quantitative estimate of drug-likeness (QED) is 0.813. The van der Waals surface area contributed by atoms with Gasteiger partial charge in [0.25, 0.3) is 0 Å². The molecule has 0 fully saturated rings. The van der Waals surface area contributed by atoms with Crippen LogP contribution in [0.15, 0.2) is 54.9 Å². The Hall–Kier alpha value is -2.20. The zero-order valence-electron chi connectivity index (χ0n) is 13.9. The van der Waals surface area contributed by atoms with E-state index < -0.39 is 0 Å². The fourth-order valence-corrected chi connectivity index (χ4v) is 2.45. The summed E-state index contributed by atoms with van der Waals surface area (Å²) in [6, 6.07) is 14.6. The van der Waals surface area contributed by atoms with E-state index in [1.54, 1.807) is 6.20 Å². The highest BCUT2D eigenvalue weighted by Crippen LogP contribution is 2.06. The van der Waals surface area contributed by atoms with Crippen LogP contribution in [-0.2, 0) is 17.6 Å². The highest BCUT2D eigenvalue weighted by Gasteiger charge is 2.13. The Labute approximate surface area is 138 Å². The molecule has 0 aliphatic carbocycles. The van der Waals surface area contributed by atoms with Gasteiger partial charge in [0, 0.05) is 31.4 Å². The van der Waals surface area contributed by atoms with E-state index in [2.05, 4.69) is 53.6 Å². The van der Waals surface area contributed by atoms with Crippen LogP contribution >= 0.6 is 0 Å². The first-order valence-electron chi connectivity index (χ1n) is 8.01.